The lowest BCUT2D eigenvalue weighted by molar-refractivity contribution is 0.0937. The number of likely N-dealkylation sites (N-methyl/N-ethyl adjacent to an activating group) is 1. The molecule has 23 heavy (non-hydrogen) atoms. The molecule has 1 aromatic heterocycles. The monoisotopic (exact) mass is 317 g/mol. The summed E-state index contributed by atoms with van der Waals surface area (Å²) < 4.78 is 5.62. The van der Waals surface area contributed by atoms with Crippen molar-refractivity contribution >= 4 is 5.91 Å². The van der Waals surface area contributed by atoms with Crippen molar-refractivity contribution in [2.75, 3.05) is 26.2 Å². The summed E-state index contributed by atoms with van der Waals surface area (Å²) in [5.74, 6) is 0.273. The van der Waals surface area contributed by atoms with E-state index in [2.05, 4.69) is 22.1 Å². The van der Waals surface area contributed by atoms with Crippen LogP contribution in [-0.4, -0.2) is 48.1 Å². The van der Waals surface area contributed by atoms with Gasteiger partial charge in [-0.05, 0) is 58.0 Å². The van der Waals surface area contributed by atoms with E-state index in [1.807, 2.05) is 19.9 Å². The van der Waals surface area contributed by atoms with Gasteiger partial charge in [-0.1, -0.05) is 12.5 Å². The lowest BCUT2D eigenvalue weighted by Crippen LogP contribution is -2.40. The molecule has 0 spiro atoms. The van der Waals surface area contributed by atoms with Crippen molar-refractivity contribution in [3.63, 3.8) is 0 Å². The van der Waals surface area contributed by atoms with Crippen LogP contribution in [0.15, 0.2) is 30.0 Å². The number of allylic oxidation sites excluding steroid dienone is 1. The average Bonchev–Trinajstić information content (AvgIpc) is 3.00. The Kier molecular flexibility index (Phi) is 6.59. The zero-order valence-corrected chi connectivity index (χ0v) is 14.3. The molecule has 1 fully saturated rings. The van der Waals surface area contributed by atoms with Gasteiger partial charge in [0.15, 0.2) is 0 Å². The van der Waals surface area contributed by atoms with Crippen LogP contribution in [0.4, 0.5) is 0 Å². The maximum absolute atomic E-state index is 12.4. The molecule has 1 amide bonds. The van der Waals surface area contributed by atoms with Gasteiger partial charge in [0.25, 0.3) is 5.91 Å². The lowest BCUT2D eigenvalue weighted by Gasteiger charge is -2.23. The van der Waals surface area contributed by atoms with E-state index in [0.29, 0.717) is 30.6 Å². The van der Waals surface area contributed by atoms with E-state index >= 15 is 0 Å². The Morgan fingerprint density at radius 2 is 2.35 bits per heavy atom. The molecular weight excluding hydrogens is 290 g/mol. The average molecular weight is 317 g/mol. The van der Waals surface area contributed by atoms with Gasteiger partial charge in [-0.15, -0.1) is 0 Å². The number of hydrogen-bond acceptors (Lipinski definition) is 4. The van der Waals surface area contributed by atoms with E-state index in [4.69, 9.17) is 4.74 Å². The van der Waals surface area contributed by atoms with Crippen molar-refractivity contribution in [2.24, 2.45) is 0 Å². The summed E-state index contributed by atoms with van der Waals surface area (Å²) in [6, 6.07) is 3.96. The SMILES string of the molecule is CCN1CCCC1CNC(=O)c1cccnc1OCC=C(C)C. The first-order valence-electron chi connectivity index (χ1n) is 8.35. The van der Waals surface area contributed by atoms with Crippen molar-refractivity contribution in [1.82, 2.24) is 15.2 Å². The zero-order valence-electron chi connectivity index (χ0n) is 14.3. The van der Waals surface area contributed by atoms with E-state index in [1.165, 1.54) is 12.0 Å². The first-order chi connectivity index (χ1) is 11.1. The number of carbonyl (C=O) groups excluding carboxylic acids is 1. The van der Waals surface area contributed by atoms with Crippen LogP contribution in [0.3, 0.4) is 0 Å². The van der Waals surface area contributed by atoms with E-state index in [9.17, 15) is 4.79 Å². The Balaban J connectivity index is 1.94. The van der Waals surface area contributed by atoms with Gasteiger partial charge in [0.1, 0.15) is 12.2 Å². The number of nitrogens with one attached hydrogen (secondary N) is 1. The molecule has 2 rings (SSSR count). The van der Waals surface area contributed by atoms with E-state index in [1.54, 1.807) is 18.3 Å². The molecule has 1 aliphatic heterocycles. The van der Waals surface area contributed by atoms with Crippen molar-refractivity contribution in [3.8, 4) is 5.88 Å². The fourth-order valence-electron chi connectivity index (χ4n) is 2.81. The highest BCUT2D eigenvalue weighted by Crippen LogP contribution is 2.17. The molecule has 1 aliphatic rings. The molecule has 126 valence electrons. The van der Waals surface area contributed by atoms with E-state index in [-0.39, 0.29) is 5.91 Å². The maximum atomic E-state index is 12.4. The van der Waals surface area contributed by atoms with Crippen LogP contribution < -0.4 is 10.1 Å². The fourth-order valence-corrected chi connectivity index (χ4v) is 2.81. The highest BCUT2D eigenvalue weighted by atomic mass is 16.5. The molecule has 1 atom stereocenters. The summed E-state index contributed by atoms with van der Waals surface area (Å²) in [4.78, 5) is 19.0. The molecule has 1 saturated heterocycles. The molecule has 0 bridgehead atoms. The quantitative estimate of drug-likeness (QED) is 0.786. The predicted molar refractivity (Wildman–Crippen MR) is 91.8 cm³/mol. The van der Waals surface area contributed by atoms with Gasteiger partial charge in [0.2, 0.25) is 5.88 Å². The van der Waals surface area contributed by atoms with Crippen molar-refractivity contribution in [2.45, 2.75) is 39.7 Å². The summed E-state index contributed by atoms with van der Waals surface area (Å²) >= 11 is 0. The van der Waals surface area contributed by atoms with Crippen molar-refractivity contribution < 1.29 is 9.53 Å². The molecule has 0 radical (unpaired) electrons. The van der Waals surface area contributed by atoms with Crippen molar-refractivity contribution in [3.05, 3.63) is 35.5 Å². The Morgan fingerprint density at radius 1 is 1.52 bits per heavy atom. The summed E-state index contributed by atoms with van der Waals surface area (Å²) in [6.07, 6.45) is 5.96. The molecule has 1 aromatic rings. The fraction of sp³-hybridized carbons (Fsp3) is 0.556. The number of pyridine rings is 1. The van der Waals surface area contributed by atoms with Gasteiger partial charge in [0.05, 0.1) is 0 Å². The molecule has 5 heteroatoms. The second-order valence-corrected chi connectivity index (χ2v) is 6.08. The first kappa shape index (κ1) is 17.5. The van der Waals surface area contributed by atoms with E-state index in [0.717, 1.165) is 19.5 Å². The lowest BCUT2D eigenvalue weighted by atomic mass is 10.2. The van der Waals surface area contributed by atoms with Crippen LogP contribution in [0.2, 0.25) is 0 Å². The van der Waals surface area contributed by atoms with Gasteiger partial charge in [-0.25, -0.2) is 4.98 Å². The van der Waals surface area contributed by atoms with Crippen LogP contribution in [0.5, 0.6) is 5.88 Å². The van der Waals surface area contributed by atoms with Crippen LogP contribution in [0, 0.1) is 0 Å². The maximum Gasteiger partial charge on any atom is 0.256 e. The molecule has 0 aromatic carbocycles. The van der Waals surface area contributed by atoms with Gasteiger partial charge in [0, 0.05) is 18.8 Å². The number of nitrogens with zero attached hydrogens (tertiary/aromatic N) is 2. The van der Waals surface area contributed by atoms with Crippen molar-refractivity contribution in [1.29, 1.82) is 0 Å². The smallest absolute Gasteiger partial charge is 0.256 e. The summed E-state index contributed by atoms with van der Waals surface area (Å²) in [6.45, 7) is 9.44. The number of likely N-dealkylation sites (tertiary alicyclic amines) is 1. The van der Waals surface area contributed by atoms with Crippen LogP contribution in [0.25, 0.3) is 0 Å². The Hall–Kier alpha value is -1.88. The highest BCUT2D eigenvalue weighted by Gasteiger charge is 2.24. The zero-order chi connectivity index (χ0) is 16.7. The van der Waals surface area contributed by atoms with Crippen LogP contribution in [-0.2, 0) is 0 Å². The molecule has 5 nitrogen and oxygen atoms in total. The summed E-state index contributed by atoms with van der Waals surface area (Å²) in [5, 5.41) is 3.03. The van der Waals surface area contributed by atoms with Crippen LogP contribution >= 0.6 is 0 Å². The predicted octanol–water partition coefficient (Wildman–Crippen LogP) is 2.64. The normalized spacial score (nSPS) is 17.8. The number of amides is 1. The minimum absolute atomic E-state index is 0.117. The molecule has 0 aliphatic carbocycles. The Morgan fingerprint density at radius 3 is 3.09 bits per heavy atom. The number of hydrogen-bond donors (Lipinski definition) is 1. The number of carbonyl (C=O) groups is 1. The third-order valence-corrected chi connectivity index (χ3v) is 4.13. The third-order valence-electron chi connectivity index (χ3n) is 4.13. The van der Waals surface area contributed by atoms with Gasteiger partial charge in [-0.2, -0.15) is 0 Å². The van der Waals surface area contributed by atoms with Gasteiger partial charge < -0.3 is 10.1 Å². The van der Waals surface area contributed by atoms with Gasteiger partial charge >= 0.3 is 0 Å². The summed E-state index contributed by atoms with van der Waals surface area (Å²) in [5.41, 5.74) is 1.67. The largest absolute Gasteiger partial charge is 0.473 e. The first-order valence-corrected chi connectivity index (χ1v) is 8.35. The number of ether oxygens (including phenoxy) is 1. The molecule has 2 heterocycles. The Labute approximate surface area is 138 Å². The third kappa shape index (κ3) is 5.06. The molecule has 1 N–H and O–H groups in total. The second-order valence-electron chi connectivity index (χ2n) is 6.08. The minimum atomic E-state index is -0.117. The van der Waals surface area contributed by atoms with E-state index < -0.39 is 0 Å². The molecular formula is C18H27N3O2. The summed E-state index contributed by atoms with van der Waals surface area (Å²) in [7, 11) is 0. The second kappa shape index (κ2) is 8.67. The topological polar surface area (TPSA) is 54.5 Å². The standard InChI is InChI=1S/C18H27N3O2/c1-4-21-11-6-7-15(21)13-20-17(22)16-8-5-10-19-18(16)23-12-9-14(2)3/h5,8-10,15H,4,6-7,11-13H2,1-3H3,(H,20,22). The molecule has 0 saturated carbocycles. The Bertz CT molecular complexity index is 553. The number of rotatable bonds is 7. The highest BCUT2D eigenvalue weighted by molar-refractivity contribution is 5.96. The molecule has 1 unspecified atom stereocenters. The minimum Gasteiger partial charge on any atom is -0.473 e. The number of aromatic nitrogens is 1. The van der Waals surface area contributed by atoms with Crippen LogP contribution in [0.1, 0.15) is 44.0 Å². The van der Waals surface area contributed by atoms with Gasteiger partial charge in [-0.3, -0.25) is 9.69 Å².